The SMILES string of the molecule is CCOC(=O)c1c(NC(=O)c2cnn3c2N[C@@H](c2ccc(Br)cc2)C[C@H]3C(F)(F)F)sc2c1CC[C@@H](C)C2. The molecule has 0 radical (unpaired) electrons. The first-order chi connectivity index (χ1) is 18.1. The number of thiophene rings is 1. The van der Waals surface area contributed by atoms with Gasteiger partial charge < -0.3 is 15.4 Å². The number of benzene rings is 1. The number of esters is 1. The number of halogens is 4. The van der Waals surface area contributed by atoms with Gasteiger partial charge in [0, 0.05) is 15.8 Å². The predicted molar refractivity (Wildman–Crippen MR) is 142 cm³/mol. The van der Waals surface area contributed by atoms with E-state index in [0.717, 1.165) is 38.6 Å². The van der Waals surface area contributed by atoms with Gasteiger partial charge in [-0.1, -0.05) is 35.0 Å². The van der Waals surface area contributed by atoms with Crippen LogP contribution in [0.1, 0.15) is 75.5 Å². The monoisotopic (exact) mass is 610 g/mol. The highest BCUT2D eigenvalue weighted by Gasteiger charge is 2.47. The summed E-state index contributed by atoms with van der Waals surface area (Å²) in [6, 6.07) is 4.41. The van der Waals surface area contributed by atoms with Gasteiger partial charge in [-0.05, 0) is 55.4 Å². The Morgan fingerprint density at radius 2 is 2.03 bits per heavy atom. The number of nitrogens with zero attached hydrogens (tertiary/aromatic N) is 2. The molecule has 3 aromatic rings. The molecule has 202 valence electrons. The van der Waals surface area contributed by atoms with Gasteiger partial charge in [0.1, 0.15) is 16.4 Å². The minimum atomic E-state index is -4.56. The lowest BCUT2D eigenvalue weighted by Gasteiger charge is -2.34. The molecule has 2 N–H and O–H groups in total. The quantitative estimate of drug-likeness (QED) is 0.306. The number of carbonyl (C=O) groups is 2. The van der Waals surface area contributed by atoms with Crippen LogP contribution in [0.5, 0.6) is 0 Å². The summed E-state index contributed by atoms with van der Waals surface area (Å²) in [6.07, 6.45) is -1.30. The van der Waals surface area contributed by atoms with Crippen LogP contribution in [0, 0.1) is 5.92 Å². The number of aromatic nitrogens is 2. The van der Waals surface area contributed by atoms with Crippen molar-refractivity contribution in [3.05, 3.63) is 62.1 Å². The highest BCUT2D eigenvalue weighted by Crippen LogP contribution is 2.45. The summed E-state index contributed by atoms with van der Waals surface area (Å²) < 4.78 is 49.1. The Morgan fingerprint density at radius 1 is 1.29 bits per heavy atom. The Labute approximate surface area is 229 Å². The van der Waals surface area contributed by atoms with Crippen molar-refractivity contribution in [1.29, 1.82) is 0 Å². The molecule has 38 heavy (non-hydrogen) atoms. The van der Waals surface area contributed by atoms with E-state index in [1.54, 1.807) is 31.2 Å². The van der Waals surface area contributed by atoms with Crippen molar-refractivity contribution in [3.8, 4) is 0 Å². The molecule has 1 amide bonds. The Balaban J connectivity index is 1.49. The highest BCUT2D eigenvalue weighted by molar-refractivity contribution is 9.10. The summed E-state index contributed by atoms with van der Waals surface area (Å²) >= 11 is 4.67. The number of fused-ring (bicyclic) bond motifs is 2. The Morgan fingerprint density at radius 3 is 2.71 bits per heavy atom. The molecular weight excluding hydrogens is 585 g/mol. The minimum Gasteiger partial charge on any atom is -0.462 e. The van der Waals surface area contributed by atoms with E-state index in [2.05, 4.69) is 38.6 Å². The zero-order valence-corrected chi connectivity index (χ0v) is 23.1. The zero-order valence-electron chi connectivity index (χ0n) is 20.7. The topological polar surface area (TPSA) is 85.2 Å². The molecule has 1 aliphatic carbocycles. The van der Waals surface area contributed by atoms with Crippen molar-refractivity contribution < 1.29 is 27.5 Å². The average molecular weight is 611 g/mol. The third-order valence-electron chi connectivity index (χ3n) is 6.97. The van der Waals surface area contributed by atoms with Crippen molar-refractivity contribution in [3.63, 3.8) is 0 Å². The fraction of sp³-hybridized carbons (Fsp3) is 0.423. The number of carbonyl (C=O) groups excluding carboxylic acids is 2. The van der Waals surface area contributed by atoms with Gasteiger partial charge in [-0.25, -0.2) is 9.48 Å². The van der Waals surface area contributed by atoms with Crippen LogP contribution in [0.2, 0.25) is 0 Å². The Hall–Kier alpha value is -2.86. The second kappa shape index (κ2) is 10.4. The summed E-state index contributed by atoms with van der Waals surface area (Å²) in [6.45, 7) is 4.03. The van der Waals surface area contributed by atoms with Crippen LogP contribution in [-0.2, 0) is 17.6 Å². The van der Waals surface area contributed by atoms with Crippen molar-refractivity contribution in [2.75, 3.05) is 17.2 Å². The van der Waals surface area contributed by atoms with E-state index in [9.17, 15) is 22.8 Å². The molecule has 0 unspecified atom stereocenters. The normalized spacial score (nSPS) is 20.7. The number of amides is 1. The average Bonchev–Trinajstić information content (AvgIpc) is 3.44. The molecule has 0 saturated carbocycles. The predicted octanol–water partition coefficient (Wildman–Crippen LogP) is 6.92. The van der Waals surface area contributed by atoms with E-state index in [-0.39, 0.29) is 24.4 Å². The van der Waals surface area contributed by atoms with E-state index in [1.165, 1.54) is 11.3 Å². The van der Waals surface area contributed by atoms with Gasteiger partial charge in [-0.3, -0.25) is 4.79 Å². The lowest BCUT2D eigenvalue weighted by atomic mass is 9.88. The molecule has 0 spiro atoms. The van der Waals surface area contributed by atoms with Crippen LogP contribution in [0.15, 0.2) is 34.9 Å². The molecule has 0 bridgehead atoms. The van der Waals surface area contributed by atoms with Crippen molar-refractivity contribution in [1.82, 2.24) is 9.78 Å². The molecule has 7 nitrogen and oxygen atoms in total. The number of alkyl halides is 3. The molecule has 3 heterocycles. The van der Waals surface area contributed by atoms with Crippen LogP contribution in [0.4, 0.5) is 24.0 Å². The van der Waals surface area contributed by atoms with Crippen LogP contribution in [0.3, 0.4) is 0 Å². The fourth-order valence-electron chi connectivity index (χ4n) is 5.07. The van der Waals surface area contributed by atoms with E-state index in [4.69, 9.17) is 4.74 Å². The molecule has 5 rings (SSSR count). The van der Waals surface area contributed by atoms with Gasteiger partial charge in [0.05, 0.1) is 24.4 Å². The second-order valence-corrected chi connectivity index (χ2v) is 11.6. The number of anilines is 2. The summed E-state index contributed by atoms with van der Waals surface area (Å²) in [4.78, 5) is 27.3. The van der Waals surface area contributed by atoms with Crippen LogP contribution in [-0.4, -0.2) is 34.4 Å². The molecule has 3 atom stereocenters. The zero-order chi connectivity index (χ0) is 27.2. The number of rotatable bonds is 5. The third kappa shape index (κ3) is 5.07. The molecule has 1 aliphatic heterocycles. The number of nitrogens with one attached hydrogen (secondary N) is 2. The fourth-order valence-corrected chi connectivity index (χ4v) is 6.73. The Kier molecular flexibility index (Phi) is 7.29. The van der Waals surface area contributed by atoms with Crippen molar-refractivity contribution >= 4 is 50.0 Å². The minimum absolute atomic E-state index is 0.0170. The van der Waals surface area contributed by atoms with Crippen molar-refractivity contribution in [2.24, 2.45) is 5.92 Å². The maximum atomic E-state index is 14.1. The van der Waals surface area contributed by atoms with Gasteiger partial charge >= 0.3 is 12.1 Å². The Bertz CT molecular complexity index is 1370. The van der Waals surface area contributed by atoms with E-state index >= 15 is 0 Å². The summed E-state index contributed by atoms with van der Waals surface area (Å²) in [5.41, 5.74) is 1.84. The number of ether oxygens (including phenoxy) is 1. The molecule has 2 aliphatic rings. The van der Waals surface area contributed by atoms with Gasteiger partial charge in [0.15, 0.2) is 6.04 Å². The first-order valence-electron chi connectivity index (χ1n) is 12.4. The molecule has 0 fully saturated rings. The van der Waals surface area contributed by atoms with Crippen LogP contribution < -0.4 is 10.6 Å². The smallest absolute Gasteiger partial charge is 0.410 e. The van der Waals surface area contributed by atoms with E-state index in [1.807, 2.05) is 0 Å². The molecular formula is C26H26BrF3N4O3S. The maximum absolute atomic E-state index is 14.1. The standard InChI is InChI=1S/C26H26BrF3N4O3S/c1-3-37-25(36)21-16-9-4-13(2)10-19(16)38-24(21)33-23(35)17-12-31-34-20(26(28,29)30)11-18(32-22(17)34)14-5-7-15(27)8-6-14/h5-8,12-13,18,20,32H,3-4,9-11H2,1-2H3,(H,33,35)/t13-,18-,20+/m1/s1. The van der Waals surface area contributed by atoms with Crippen LogP contribution in [0.25, 0.3) is 0 Å². The lowest BCUT2D eigenvalue weighted by Crippen LogP contribution is -2.36. The molecule has 12 heteroatoms. The maximum Gasteiger partial charge on any atom is 0.410 e. The molecule has 2 aromatic heterocycles. The van der Waals surface area contributed by atoms with E-state index in [0.29, 0.717) is 28.5 Å². The molecule has 0 saturated heterocycles. The summed E-state index contributed by atoms with van der Waals surface area (Å²) in [5, 5.41) is 10.2. The third-order valence-corrected chi connectivity index (χ3v) is 8.67. The first kappa shape index (κ1) is 26.7. The highest BCUT2D eigenvalue weighted by atomic mass is 79.9. The number of hydrogen-bond acceptors (Lipinski definition) is 6. The first-order valence-corrected chi connectivity index (χ1v) is 14.0. The van der Waals surface area contributed by atoms with Gasteiger partial charge in [-0.2, -0.15) is 18.3 Å². The van der Waals surface area contributed by atoms with Gasteiger partial charge in [0.25, 0.3) is 5.91 Å². The van der Waals surface area contributed by atoms with Gasteiger partial charge in [-0.15, -0.1) is 11.3 Å². The molecule has 1 aromatic carbocycles. The summed E-state index contributed by atoms with van der Waals surface area (Å²) in [5.74, 6) is -0.733. The van der Waals surface area contributed by atoms with Crippen molar-refractivity contribution in [2.45, 2.75) is 57.8 Å². The summed E-state index contributed by atoms with van der Waals surface area (Å²) in [7, 11) is 0. The van der Waals surface area contributed by atoms with Gasteiger partial charge in [0.2, 0.25) is 0 Å². The van der Waals surface area contributed by atoms with Crippen LogP contribution >= 0.6 is 27.3 Å². The second-order valence-electron chi connectivity index (χ2n) is 9.62. The van der Waals surface area contributed by atoms with E-state index < -0.39 is 30.1 Å². The largest absolute Gasteiger partial charge is 0.462 e. The lowest BCUT2D eigenvalue weighted by molar-refractivity contribution is -0.173. The number of hydrogen-bond donors (Lipinski definition) is 2.